The second-order valence-electron chi connectivity index (χ2n) is 8.26. The van der Waals surface area contributed by atoms with Gasteiger partial charge in [-0.05, 0) is 42.7 Å². The molecule has 1 aromatic heterocycles. The van der Waals surface area contributed by atoms with E-state index in [1.165, 1.54) is 5.56 Å². The molecule has 0 radical (unpaired) electrons. The van der Waals surface area contributed by atoms with E-state index >= 15 is 0 Å². The predicted molar refractivity (Wildman–Crippen MR) is 142 cm³/mol. The van der Waals surface area contributed by atoms with Gasteiger partial charge in [0.05, 0.1) is 18.5 Å². The Labute approximate surface area is 223 Å². The van der Waals surface area contributed by atoms with Crippen molar-refractivity contribution in [3.05, 3.63) is 64.8 Å². The van der Waals surface area contributed by atoms with Crippen molar-refractivity contribution in [3.63, 3.8) is 0 Å². The van der Waals surface area contributed by atoms with Crippen LogP contribution >= 0.6 is 36.2 Å². The molecule has 194 valence electrons. The van der Waals surface area contributed by atoms with Crippen LogP contribution in [0.4, 0.5) is 29.5 Å². The first-order valence-corrected chi connectivity index (χ1v) is 11.9. The molecule has 0 amide bonds. The van der Waals surface area contributed by atoms with E-state index in [4.69, 9.17) is 9.73 Å². The fraction of sp³-hybridized carbons (Fsp3) is 0.333. The van der Waals surface area contributed by atoms with Gasteiger partial charge < -0.3 is 20.3 Å². The van der Waals surface area contributed by atoms with Gasteiger partial charge >= 0.3 is 6.18 Å². The molecule has 1 saturated heterocycles. The van der Waals surface area contributed by atoms with Crippen molar-refractivity contribution in [2.24, 2.45) is 4.99 Å². The predicted octanol–water partition coefficient (Wildman–Crippen LogP) is 6.06. The molecular weight excluding hydrogens is 534 g/mol. The number of alkyl halides is 3. The summed E-state index contributed by atoms with van der Waals surface area (Å²) in [5, 5.41) is 6.15. The Bertz CT molecular complexity index is 1200. The highest BCUT2D eigenvalue weighted by atomic mass is 35.5. The molecule has 3 aromatic rings. The van der Waals surface area contributed by atoms with E-state index in [-0.39, 0.29) is 36.5 Å². The lowest BCUT2D eigenvalue weighted by Crippen LogP contribution is -2.53. The van der Waals surface area contributed by atoms with Gasteiger partial charge in [-0.2, -0.15) is 13.2 Å². The number of fused-ring (bicyclic) bond motifs is 2. The minimum atomic E-state index is -4.51. The number of hydrogen-bond donors (Lipinski definition) is 2. The largest absolute Gasteiger partial charge is 0.497 e. The molecule has 0 aliphatic carbocycles. The van der Waals surface area contributed by atoms with Crippen LogP contribution in [0.5, 0.6) is 5.75 Å². The smallest absolute Gasteiger partial charge is 0.443 e. The van der Waals surface area contributed by atoms with Gasteiger partial charge in [-0.3, -0.25) is 0 Å². The molecule has 0 saturated carbocycles. The van der Waals surface area contributed by atoms with Crippen molar-refractivity contribution in [3.8, 4) is 5.75 Å². The van der Waals surface area contributed by atoms with Gasteiger partial charge in [0.15, 0.2) is 5.84 Å². The number of aliphatic imine (C=N–C) groups is 1. The molecular formula is C24H26Cl2F3N5OS. The van der Waals surface area contributed by atoms with E-state index < -0.39 is 11.2 Å². The molecule has 36 heavy (non-hydrogen) atoms. The standard InChI is InChI=1S/C24H24F3N5OS.2ClH/c1-33-17-10-7-15(8-11-17)6-9-16-14-32(13-12-28-16)21-20-22(34-23(31-20)24(25,26)27)30-19-5-3-2-4-18(19)29-21;;/h2-5,7-8,10-11,16,28,30H,6,9,12-14H2,1H3;2*1H/t16-;;/m0../s1. The number of ether oxygens (including phenoxy) is 1. The summed E-state index contributed by atoms with van der Waals surface area (Å²) in [6, 6.07) is 15.5. The Hall–Kier alpha value is -2.53. The minimum absolute atomic E-state index is 0. The van der Waals surface area contributed by atoms with Crippen LogP contribution in [0, 0.1) is 0 Å². The Morgan fingerprint density at radius 2 is 1.86 bits per heavy atom. The minimum Gasteiger partial charge on any atom is -0.497 e. The molecule has 12 heteroatoms. The zero-order chi connectivity index (χ0) is 23.7. The molecule has 1 atom stereocenters. The number of nitrogens with zero attached hydrogens (tertiary/aromatic N) is 3. The molecule has 6 nitrogen and oxygen atoms in total. The van der Waals surface area contributed by atoms with Crippen molar-refractivity contribution in [1.82, 2.24) is 15.2 Å². The topological polar surface area (TPSA) is 61.8 Å². The second kappa shape index (κ2) is 11.7. The summed E-state index contributed by atoms with van der Waals surface area (Å²) in [5.74, 6) is 1.30. The number of piperazine rings is 1. The lowest BCUT2D eigenvalue weighted by molar-refractivity contribution is -0.137. The molecule has 2 aliphatic rings. The number of nitrogens with one attached hydrogen (secondary N) is 2. The van der Waals surface area contributed by atoms with Crippen LogP contribution < -0.4 is 15.4 Å². The summed E-state index contributed by atoms with van der Waals surface area (Å²) < 4.78 is 45.6. The van der Waals surface area contributed by atoms with Gasteiger partial charge in [0.1, 0.15) is 16.4 Å². The first-order chi connectivity index (χ1) is 16.4. The zero-order valence-electron chi connectivity index (χ0n) is 19.3. The van der Waals surface area contributed by atoms with Crippen LogP contribution in [0.3, 0.4) is 0 Å². The van der Waals surface area contributed by atoms with Crippen molar-refractivity contribution in [1.29, 1.82) is 0 Å². The maximum Gasteiger partial charge on any atom is 0.443 e. The average molecular weight is 560 g/mol. The molecule has 2 N–H and O–H groups in total. The van der Waals surface area contributed by atoms with E-state index in [0.29, 0.717) is 53.2 Å². The number of rotatable bonds is 4. The number of benzene rings is 2. The molecule has 0 spiro atoms. The maximum atomic E-state index is 13.5. The van der Waals surface area contributed by atoms with Crippen molar-refractivity contribution in [2.45, 2.75) is 25.1 Å². The van der Waals surface area contributed by atoms with E-state index in [9.17, 15) is 13.2 Å². The third kappa shape index (κ3) is 6.05. The third-order valence-corrected chi connectivity index (χ3v) is 6.97. The summed E-state index contributed by atoms with van der Waals surface area (Å²) >= 11 is 0.618. The highest BCUT2D eigenvalue weighted by molar-refractivity contribution is 7.16. The Morgan fingerprint density at radius 1 is 1.11 bits per heavy atom. The summed E-state index contributed by atoms with van der Waals surface area (Å²) in [4.78, 5) is 10.8. The normalized spacial score (nSPS) is 16.8. The average Bonchev–Trinajstić information content (AvgIpc) is 3.20. The first kappa shape index (κ1) is 28.0. The molecule has 1 fully saturated rings. The van der Waals surface area contributed by atoms with E-state index in [0.717, 1.165) is 18.6 Å². The number of halogens is 5. The lowest BCUT2D eigenvalue weighted by Gasteiger charge is -2.35. The van der Waals surface area contributed by atoms with Crippen molar-refractivity contribution < 1.29 is 17.9 Å². The Balaban J connectivity index is 0.00000180. The number of para-hydroxylation sites is 2. The second-order valence-corrected chi connectivity index (χ2v) is 9.25. The van der Waals surface area contributed by atoms with Gasteiger partial charge in [0.25, 0.3) is 0 Å². The molecule has 2 aromatic carbocycles. The Morgan fingerprint density at radius 3 is 2.58 bits per heavy atom. The number of methoxy groups -OCH3 is 1. The highest BCUT2D eigenvalue weighted by Gasteiger charge is 2.38. The Kier molecular flexibility index (Phi) is 9.10. The number of anilines is 2. The maximum absolute atomic E-state index is 13.5. The SMILES string of the molecule is COc1ccc(CC[C@H]2CN(C3=Nc4ccccc4Nc4sc(C(F)(F)F)nc43)CCN2)cc1.Cl.Cl. The van der Waals surface area contributed by atoms with E-state index in [1.807, 2.05) is 36.4 Å². The number of aromatic nitrogens is 1. The van der Waals surface area contributed by atoms with Crippen LogP contribution in [0.2, 0.25) is 0 Å². The fourth-order valence-corrected chi connectivity index (χ4v) is 5.05. The van der Waals surface area contributed by atoms with Gasteiger partial charge in [0, 0.05) is 25.7 Å². The molecule has 3 heterocycles. The van der Waals surface area contributed by atoms with Gasteiger partial charge in [-0.25, -0.2) is 9.98 Å². The van der Waals surface area contributed by atoms with Gasteiger partial charge in [0.2, 0.25) is 5.01 Å². The number of amidine groups is 1. The van der Waals surface area contributed by atoms with Gasteiger partial charge in [-0.15, -0.1) is 24.8 Å². The number of hydrogen-bond acceptors (Lipinski definition) is 7. The summed E-state index contributed by atoms with van der Waals surface area (Å²) in [6.07, 6.45) is -2.73. The summed E-state index contributed by atoms with van der Waals surface area (Å²) in [6.45, 7) is 1.99. The van der Waals surface area contributed by atoms with Crippen LogP contribution in [-0.2, 0) is 12.6 Å². The fourth-order valence-electron chi connectivity index (χ4n) is 4.21. The quantitative estimate of drug-likeness (QED) is 0.407. The van der Waals surface area contributed by atoms with Crippen LogP contribution in [0.1, 0.15) is 22.7 Å². The number of thiazole rings is 1. The van der Waals surface area contributed by atoms with Crippen molar-refractivity contribution in [2.75, 3.05) is 32.1 Å². The van der Waals surface area contributed by atoms with Crippen LogP contribution in [0.25, 0.3) is 0 Å². The van der Waals surface area contributed by atoms with Crippen LogP contribution in [-0.4, -0.2) is 48.5 Å². The third-order valence-electron chi connectivity index (χ3n) is 5.96. The van der Waals surface area contributed by atoms with E-state index in [2.05, 4.69) is 32.7 Å². The lowest BCUT2D eigenvalue weighted by atomic mass is 10.0. The number of aryl methyl sites for hydroxylation is 1. The molecule has 0 bridgehead atoms. The van der Waals surface area contributed by atoms with E-state index in [1.54, 1.807) is 7.11 Å². The summed E-state index contributed by atoms with van der Waals surface area (Å²) in [7, 11) is 1.64. The monoisotopic (exact) mass is 559 g/mol. The molecule has 5 rings (SSSR count). The zero-order valence-corrected chi connectivity index (χ0v) is 21.8. The first-order valence-electron chi connectivity index (χ1n) is 11.0. The van der Waals surface area contributed by atoms with Crippen molar-refractivity contribution >= 4 is 58.4 Å². The molecule has 2 aliphatic heterocycles. The van der Waals surface area contributed by atoms with Crippen LogP contribution in [0.15, 0.2) is 53.5 Å². The molecule has 0 unspecified atom stereocenters. The van der Waals surface area contributed by atoms with Gasteiger partial charge in [-0.1, -0.05) is 35.6 Å². The highest BCUT2D eigenvalue weighted by Crippen LogP contribution is 2.42. The summed E-state index contributed by atoms with van der Waals surface area (Å²) in [5.41, 5.74) is 2.82.